The van der Waals surface area contributed by atoms with Crippen molar-refractivity contribution in [1.82, 2.24) is 9.80 Å². The molecule has 2 aliphatic rings. The summed E-state index contributed by atoms with van der Waals surface area (Å²) in [6.45, 7) is 6.52. The minimum absolute atomic E-state index is 0.210. The molecular formula is C21H31FN2O2. The van der Waals surface area contributed by atoms with Crippen LogP contribution in [0.2, 0.25) is 0 Å². The van der Waals surface area contributed by atoms with Crippen molar-refractivity contribution in [1.29, 1.82) is 0 Å². The molecule has 2 heterocycles. The number of nitrogens with zero attached hydrogens (tertiary/aromatic N) is 2. The Hall–Kier alpha value is -1.27. The molecule has 144 valence electrons. The van der Waals surface area contributed by atoms with E-state index in [4.69, 9.17) is 0 Å². The van der Waals surface area contributed by atoms with Crippen molar-refractivity contribution in [2.75, 3.05) is 52.5 Å². The van der Waals surface area contributed by atoms with E-state index in [1.807, 2.05) is 6.08 Å². The van der Waals surface area contributed by atoms with E-state index in [0.29, 0.717) is 24.4 Å². The number of piperidine rings is 1. The highest BCUT2D eigenvalue weighted by Crippen LogP contribution is 2.26. The SMILES string of the molecule is OCC1CCN(C[C@H]2CN(C/C=C/c3ccc(F)cc3)C[C@H]2CO)CC1. The fraction of sp³-hybridized carbons (Fsp3) is 0.619. The molecule has 0 radical (unpaired) electrons. The van der Waals surface area contributed by atoms with Crippen molar-refractivity contribution in [3.8, 4) is 0 Å². The Morgan fingerprint density at radius 1 is 0.962 bits per heavy atom. The minimum Gasteiger partial charge on any atom is -0.396 e. The van der Waals surface area contributed by atoms with Gasteiger partial charge in [0.25, 0.3) is 0 Å². The Bertz CT molecular complexity index is 570. The second-order valence-corrected chi connectivity index (χ2v) is 7.80. The molecule has 1 aromatic rings. The second kappa shape index (κ2) is 9.60. The Labute approximate surface area is 155 Å². The maximum Gasteiger partial charge on any atom is 0.123 e. The first-order valence-corrected chi connectivity index (χ1v) is 9.76. The molecule has 5 heteroatoms. The fourth-order valence-electron chi connectivity index (χ4n) is 4.19. The first-order chi connectivity index (χ1) is 12.7. The largest absolute Gasteiger partial charge is 0.396 e. The van der Waals surface area contributed by atoms with Gasteiger partial charge in [0.15, 0.2) is 0 Å². The maximum atomic E-state index is 12.9. The molecule has 0 unspecified atom stereocenters. The molecule has 0 aliphatic carbocycles. The van der Waals surface area contributed by atoms with Gasteiger partial charge in [0.05, 0.1) is 0 Å². The number of hydrogen-bond donors (Lipinski definition) is 2. The lowest BCUT2D eigenvalue weighted by Crippen LogP contribution is -2.40. The molecule has 0 spiro atoms. The van der Waals surface area contributed by atoms with Crippen LogP contribution in [-0.4, -0.2) is 72.5 Å². The van der Waals surface area contributed by atoms with Crippen LogP contribution in [0, 0.1) is 23.6 Å². The van der Waals surface area contributed by atoms with Crippen LogP contribution in [0.3, 0.4) is 0 Å². The van der Waals surface area contributed by atoms with Gasteiger partial charge in [-0.05, 0) is 61.4 Å². The summed E-state index contributed by atoms with van der Waals surface area (Å²) in [5.74, 6) is 1.10. The Morgan fingerprint density at radius 2 is 1.65 bits per heavy atom. The van der Waals surface area contributed by atoms with Gasteiger partial charge in [0, 0.05) is 39.4 Å². The predicted octanol–water partition coefficient (Wildman–Crippen LogP) is 2.08. The highest BCUT2D eigenvalue weighted by Gasteiger charge is 2.33. The van der Waals surface area contributed by atoms with E-state index in [1.54, 1.807) is 12.1 Å². The smallest absolute Gasteiger partial charge is 0.123 e. The van der Waals surface area contributed by atoms with E-state index in [9.17, 15) is 14.6 Å². The normalized spacial score (nSPS) is 26.1. The van der Waals surface area contributed by atoms with Crippen molar-refractivity contribution in [2.45, 2.75) is 12.8 Å². The third kappa shape index (κ3) is 5.36. The van der Waals surface area contributed by atoms with Gasteiger partial charge >= 0.3 is 0 Å². The van der Waals surface area contributed by atoms with E-state index in [-0.39, 0.29) is 12.4 Å². The van der Waals surface area contributed by atoms with E-state index >= 15 is 0 Å². The molecule has 0 aromatic heterocycles. The Balaban J connectivity index is 1.46. The molecule has 1 aromatic carbocycles. The number of aliphatic hydroxyl groups excluding tert-OH is 2. The van der Waals surface area contributed by atoms with Crippen LogP contribution in [0.4, 0.5) is 4.39 Å². The zero-order chi connectivity index (χ0) is 18.4. The monoisotopic (exact) mass is 362 g/mol. The topological polar surface area (TPSA) is 46.9 Å². The van der Waals surface area contributed by atoms with Gasteiger partial charge in [0.1, 0.15) is 5.82 Å². The predicted molar refractivity (Wildman–Crippen MR) is 102 cm³/mol. The molecule has 0 amide bonds. The van der Waals surface area contributed by atoms with E-state index < -0.39 is 0 Å². The van der Waals surface area contributed by atoms with Gasteiger partial charge in [-0.3, -0.25) is 4.90 Å². The molecule has 2 saturated heterocycles. The zero-order valence-electron chi connectivity index (χ0n) is 15.4. The zero-order valence-corrected chi connectivity index (χ0v) is 15.4. The van der Waals surface area contributed by atoms with Crippen molar-refractivity contribution < 1.29 is 14.6 Å². The number of halogens is 1. The van der Waals surface area contributed by atoms with Crippen LogP contribution >= 0.6 is 0 Å². The molecule has 2 fully saturated rings. The summed E-state index contributed by atoms with van der Waals surface area (Å²) < 4.78 is 12.9. The van der Waals surface area contributed by atoms with Gasteiger partial charge in [-0.1, -0.05) is 24.3 Å². The van der Waals surface area contributed by atoms with Gasteiger partial charge < -0.3 is 15.1 Å². The van der Waals surface area contributed by atoms with Crippen LogP contribution in [-0.2, 0) is 0 Å². The van der Waals surface area contributed by atoms with Gasteiger partial charge in [-0.15, -0.1) is 0 Å². The molecule has 0 saturated carbocycles. The summed E-state index contributed by atoms with van der Waals surface area (Å²) in [7, 11) is 0. The van der Waals surface area contributed by atoms with Crippen LogP contribution in [0.15, 0.2) is 30.3 Å². The summed E-state index contributed by atoms with van der Waals surface area (Å²) in [6.07, 6.45) is 6.31. The van der Waals surface area contributed by atoms with Crippen LogP contribution in [0.5, 0.6) is 0 Å². The summed E-state index contributed by atoms with van der Waals surface area (Å²) >= 11 is 0. The number of benzene rings is 1. The highest BCUT2D eigenvalue weighted by molar-refractivity contribution is 5.48. The molecule has 0 bridgehead atoms. The Morgan fingerprint density at radius 3 is 2.31 bits per heavy atom. The molecule has 26 heavy (non-hydrogen) atoms. The molecule has 2 aliphatic heterocycles. The summed E-state index contributed by atoms with van der Waals surface area (Å²) in [6, 6.07) is 6.52. The average Bonchev–Trinajstić information content (AvgIpc) is 3.05. The van der Waals surface area contributed by atoms with E-state index in [1.165, 1.54) is 12.1 Å². The van der Waals surface area contributed by atoms with Gasteiger partial charge in [0.2, 0.25) is 0 Å². The second-order valence-electron chi connectivity index (χ2n) is 7.80. The van der Waals surface area contributed by atoms with Crippen LogP contribution in [0.25, 0.3) is 6.08 Å². The summed E-state index contributed by atoms with van der Waals surface area (Å²) in [5, 5.41) is 19.0. The van der Waals surface area contributed by atoms with Crippen LogP contribution in [0.1, 0.15) is 18.4 Å². The summed E-state index contributed by atoms with van der Waals surface area (Å²) in [5.41, 5.74) is 1.01. The lowest BCUT2D eigenvalue weighted by molar-refractivity contribution is 0.106. The maximum absolute atomic E-state index is 12.9. The number of rotatable bonds is 7. The molecule has 4 nitrogen and oxygen atoms in total. The van der Waals surface area contributed by atoms with E-state index in [0.717, 1.165) is 57.7 Å². The molecule has 3 rings (SSSR count). The average molecular weight is 362 g/mol. The number of likely N-dealkylation sites (tertiary alicyclic amines) is 2. The third-order valence-electron chi connectivity index (χ3n) is 5.89. The minimum atomic E-state index is -0.210. The van der Waals surface area contributed by atoms with Crippen molar-refractivity contribution in [2.24, 2.45) is 17.8 Å². The van der Waals surface area contributed by atoms with E-state index in [2.05, 4.69) is 15.9 Å². The number of aliphatic hydroxyl groups is 2. The standard InChI is InChI=1S/C21H31FN2O2/c22-21-5-3-17(4-6-21)2-1-9-24-13-19(20(14-24)16-26)12-23-10-7-18(15-25)8-11-23/h1-6,18-20,25-26H,7-16H2/b2-1+/t19-,20-/m0/s1. The first kappa shape index (κ1) is 19.5. The molecule has 2 atom stereocenters. The van der Waals surface area contributed by atoms with Gasteiger partial charge in [-0.25, -0.2) is 4.39 Å². The fourth-order valence-corrected chi connectivity index (χ4v) is 4.19. The van der Waals surface area contributed by atoms with Gasteiger partial charge in [-0.2, -0.15) is 0 Å². The quantitative estimate of drug-likeness (QED) is 0.780. The lowest BCUT2D eigenvalue weighted by atomic mass is 9.93. The number of hydrogen-bond acceptors (Lipinski definition) is 4. The van der Waals surface area contributed by atoms with Crippen molar-refractivity contribution in [3.05, 3.63) is 41.7 Å². The Kier molecular flexibility index (Phi) is 7.20. The molecule has 2 N–H and O–H groups in total. The van der Waals surface area contributed by atoms with Crippen LogP contribution < -0.4 is 0 Å². The highest BCUT2D eigenvalue weighted by atomic mass is 19.1. The van der Waals surface area contributed by atoms with Crippen molar-refractivity contribution in [3.63, 3.8) is 0 Å². The molecular weight excluding hydrogens is 331 g/mol. The lowest BCUT2D eigenvalue weighted by Gasteiger charge is -2.33. The third-order valence-corrected chi connectivity index (χ3v) is 5.89. The first-order valence-electron chi connectivity index (χ1n) is 9.76. The van der Waals surface area contributed by atoms with Crippen molar-refractivity contribution >= 4 is 6.08 Å². The summed E-state index contributed by atoms with van der Waals surface area (Å²) in [4.78, 5) is 4.89.